The molecule has 0 aliphatic carbocycles. The Morgan fingerprint density at radius 3 is 2.48 bits per heavy atom. The van der Waals surface area contributed by atoms with Gasteiger partial charge in [0.1, 0.15) is 12.1 Å². The summed E-state index contributed by atoms with van der Waals surface area (Å²) in [6.07, 6.45) is 2.66. The van der Waals surface area contributed by atoms with Gasteiger partial charge in [0.15, 0.2) is 5.84 Å². The van der Waals surface area contributed by atoms with Crippen molar-refractivity contribution in [3.8, 4) is 0 Å². The van der Waals surface area contributed by atoms with Crippen LogP contribution in [0.15, 0.2) is 46.6 Å². The molecule has 0 saturated carbocycles. The van der Waals surface area contributed by atoms with Crippen LogP contribution in [-0.2, 0) is 9.53 Å². The normalized spacial score (nSPS) is 17.0. The largest absolute Gasteiger partial charge is 0.442 e. The summed E-state index contributed by atoms with van der Waals surface area (Å²) in [6.45, 7) is 5.07. The van der Waals surface area contributed by atoms with E-state index in [-0.39, 0.29) is 6.54 Å². The molecule has 0 unspecified atom stereocenters. The predicted octanol–water partition coefficient (Wildman–Crippen LogP) is 3.01. The monoisotopic (exact) mass is 360 g/mol. The zero-order valence-electron chi connectivity index (χ0n) is 14.1. The molecule has 2 aliphatic rings. The number of hydrazone groups is 2. The summed E-state index contributed by atoms with van der Waals surface area (Å²) >= 11 is 5.89. The van der Waals surface area contributed by atoms with Gasteiger partial charge >= 0.3 is 6.09 Å². The van der Waals surface area contributed by atoms with Gasteiger partial charge < -0.3 is 4.74 Å². The summed E-state index contributed by atoms with van der Waals surface area (Å²) in [4.78, 5) is 24.3. The summed E-state index contributed by atoms with van der Waals surface area (Å²) in [6, 6.07) is 7.21. The van der Waals surface area contributed by atoms with Gasteiger partial charge in [0.25, 0.3) is 5.91 Å². The molecular weight excluding hydrogens is 344 g/mol. The molecule has 0 N–H and O–H groups in total. The lowest BCUT2D eigenvalue weighted by atomic mass is 10.1. The summed E-state index contributed by atoms with van der Waals surface area (Å²) < 4.78 is 5.20. The van der Waals surface area contributed by atoms with Crippen LogP contribution in [0.4, 0.5) is 4.79 Å². The number of carbonyl (C=O) groups excluding carboxylic acids is 2. The molecule has 0 radical (unpaired) electrons. The van der Waals surface area contributed by atoms with E-state index in [2.05, 4.69) is 10.2 Å². The Bertz CT molecular complexity index is 806. The number of rotatable bonds is 1. The molecule has 2 heterocycles. The minimum absolute atomic E-state index is 0.0977. The highest BCUT2D eigenvalue weighted by Crippen LogP contribution is 2.18. The lowest BCUT2D eigenvalue weighted by Crippen LogP contribution is -2.49. The highest BCUT2D eigenvalue weighted by atomic mass is 35.5. The SMILES string of the molecule is CC(C)(C)OC(=O)N1N=C2C=CC(c3ccc(Cl)cc3)=NN2CC1=O. The molecule has 25 heavy (non-hydrogen) atoms. The Morgan fingerprint density at radius 1 is 1.16 bits per heavy atom. The van der Waals surface area contributed by atoms with Crippen LogP contribution in [0.5, 0.6) is 0 Å². The molecule has 0 bridgehead atoms. The molecule has 3 rings (SSSR count). The van der Waals surface area contributed by atoms with Crippen LogP contribution >= 0.6 is 11.6 Å². The zero-order chi connectivity index (χ0) is 18.2. The minimum Gasteiger partial charge on any atom is -0.442 e. The number of ether oxygens (including phenoxy) is 1. The van der Waals surface area contributed by atoms with E-state index >= 15 is 0 Å². The van der Waals surface area contributed by atoms with Crippen LogP contribution < -0.4 is 0 Å². The second kappa shape index (κ2) is 6.33. The van der Waals surface area contributed by atoms with Crippen LogP contribution in [0, 0.1) is 0 Å². The van der Waals surface area contributed by atoms with Crippen molar-refractivity contribution >= 4 is 35.1 Å². The minimum atomic E-state index is -0.800. The van der Waals surface area contributed by atoms with Gasteiger partial charge in [-0.05, 0) is 45.1 Å². The number of allylic oxidation sites excluding steroid dienone is 1. The first-order valence-corrected chi connectivity index (χ1v) is 8.05. The van der Waals surface area contributed by atoms with Crippen LogP contribution in [0.3, 0.4) is 0 Å². The Labute approximate surface area is 150 Å². The zero-order valence-corrected chi connectivity index (χ0v) is 14.8. The van der Waals surface area contributed by atoms with E-state index in [0.717, 1.165) is 10.6 Å². The van der Waals surface area contributed by atoms with Gasteiger partial charge in [0.05, 0.1) is 5.71 Å². The van der Waals surface area contributed by atoms with Crippen LogP contribution in [0.1, 0.15) is 26.3 Å². The van der Waals surface area contributed by atoms with Gasteiger partial charge in [-0.15, -0.1) is 10.1 Å². The van der Waals surface area contributed by atoms with Crippen molar-refractivity contribution < 1.29 is 14.3 Å². The van der Waals surface area contributed by atoms with Crippen molar-refractivity contribution in [3.63, 3.8) is 0 Å². The number of amides is 2. The fourth-order valence-electron chi connectivity index (χ4n) is 2.23. The maximum atomic E-state index is 12.2. The van der Waals surface area contributed by atoms with Crippen molar-refractivity contribution in [2.45, 2.75) is 26.4 Å². The van der Waals surface area contributed by atoms with Gasteiger partial charge in [-0.2, -0.15) is 5.10 Å². The highest BCUT2D eigenvalue weighted by Gasteiger charge is 2.34. The molecule has 1 aromatic rings. The van der Waals surface area contributed by atoms with Gasteiger partial charge in [-0.25, -0.2) is 9.80 Å². The van der Waals surface area contributed by atoms with Gasteiger partial charge in [0, 0.05) is 10.6 Å². The number of halogens is 1. The molecule has 0 atom stereocenters. The second-order valence-corrected chi connectivity index (χ2v) is 6.96. The van der Waals surface area contributed by atoms with Crippen molar-refractivity contribution in [3.05, 3.63) is 47.0 Å². The molecular formula is C17H17ClN4O3. The average molecular weight is 361 g/mol. The molecule has 2 aliphatic heterocycles. The van der Waals surface area contributed by atoms with Crippen LogP contribution in [-0.4, -0.2) is 45.7 Å². The smallest absolute Gasteiger partial charge is 0.438 e. The van der Waals surface area contributed by atoms with Crippen LogP contribution in [0.25, 0.3) is 0 Å². The number of hydrogen-bond donors (Lipinski definition) is 0. The molecule has 130 valence electrons. The quantitative estimate of drug-likeness (QED) is 0.771. The van der Waals surface area contributed by atoms with Crippen molar-refractivity contribution in [1.29, 1.82) is 0 Å². The Morgan fingerprint density at radius 2 is 1.84 bits per heavy atom. The number of fused-ring (bicyclic) bond motifs is 1. The first-order chi connectivity index (χ1) is 11.7. The topological polar surface area (TPSA) is 74.6 Å². The Balaban J connectivity index is 1.82. The molecule has 0 saturated heterocycles. The second-order valence-electron chi connectivity index (χ2n) is 6.53. The predicted molar refractivity (Wildman–Crippen MR) is 94.4 cm³/mol. The first-order valence-electron chi connectivity index (χ1n) is 7.68. The van der Waals surface area contributed by atoms with E-state index in [1.165, 1.54) is 5.01 Å². The fraction of sp³-hybridized carbons (Fsp3) is 0.294. The lowest BCUT2D eigenvalue weighted by Gasteiger charge is -2.31. The molecule has 0 aromatic heterocycles. The number of hydrogen-bond acceptors (Lipinski definition) is 6. The third kappa shape index (κ3) is 3.88. The van der Waals surface area contributed by atoms with Crippen LogP contribution in [0.2, 0.25) is 5.02 Å². The third-order valence-electron chi connectivity index (χ3n) is 3.31. The maximum Gasteiger partial charge on any atom is 0.438 e. The molecule has 0 spiro atoms. The number of imide groups is 1. The lowest BCUT2D eigenvalue weighted by molar-refractivity contribution is -0.131. The highest BCUT2D eigenvalue weighted by molar-refractivity contribution is 6.30. The van der Waals surface area contributed by atoms with E-state index in [1.54, 1.807) is 45.1 Å². The Hall–Kier alpha value is -2.67. The summed E-state index contributed by atoms with van der Waals surface area (Å²) in [7, 11) is 0. The number of benzene rings is 1. The molecule has 0 fully saturated rings. The molecule has 2 amide bonds. The van der Waals surface area contributed by atoms with E-state index < -0.39 is 17.6 Å². The molecule has 8 heteroatoms. The number of nitrogens with zero attached hydrogens (tertiary/aromatic N) is 4. The number of carbonyl (C=O) groups is 2. The van der Waals surface area contributed by atoms with Crippen molar-refractivity contribution in [1.82, 2.24) is 10.0 Å². The van der Waals surface area contributed by atoms with Crippen molar-refractivity contribution in [2.24, 2.45) is 10.2 Å². The summed E-state index contributed by atoms with van der Waals surface area (Å²) in [5, 5.41) is 11.3. The average Bonchev–Trinajstić information content (AvgIpc) is 2.52. The molecule has 1 aromatic carbocycles. The maximum absolute atomic E-state index is 12.2. The van der Waals surface area contributed by atoms with Gasteiger partial charge in [0.2, 0.25) is 0 Å². The van der Waals surface area contributed by atoms with E-state index in [1.807, 2.05) is 12.1 Å². The number of amidine groups is 1. The van der Waals surface area contributed by atoms with Crippen molar-refractivity contribution in [2.75, 3.05) is 6.54 Å². The standard InChI is InChI=1S/C17H17ClN4O3/c1-17(2,3)25-16(24)22-15(23)10-21-14(20-22)9-8-13(19-21)11-4-6-12(18)7-5-11/h4-9H,10H2,1-3H3. The van der Waals surface area contributed by atoms with E-state index in [0.29, 0.717) is 16.6 Å². The fourth-order valence-corrected chi connectivity index (χ4v) is 2.36. The van der Waals surface area contributed by atoms with E-state index in [9.17, 15) is 9.59 Å². The Kier molecular flexibility index (Phi) is 4.34. The van der Waals surface area contributed by atoms with E-state index in [4.69, 9.17) is 16.3 Å². The van der Waals surface area contributed by atoms with Gasteiger partial charge in [-0.3, -0.25) is 4.79 Å². The summed E-state index contributed by atoms with van der Waals surface area (Å²) in [5.74, 6) is -0.115. The summed E-state index contributed by atoms with van der Waals surface area (Å²) in [5.41, 5.74) is 0.827. The third-order valence-corrected chi connectivity index (χ3v) is 3.57. The molecule has 7 nitrogen and oxygen atoms in total. The first kappa shape index (κ1) is 17.2. The van der Waals surface area contributed by atoms with Gasteiger partial charge in [-0.1, -0.05) is 23.7 Å².